The van der Waals surface area contributed by atoms with Gasteiger partial charge < -0.3 is 15.6 Å². The first-order valence-corrected chi connectivity index (χ1v) is 4.51. The highest BCUT2D eigenvalue weighted by Gasteiger charge is 2.17. The molecule has 84 valence electrons. The maximum Gasteiger partial charge on any atom is 0.168 e. The normalized spacial score (nSPS) is 12.6. The standard InChI is InChI=1S/C10H13F2NO2/c1-15-10-7(9(14)2-3-13)4-6(11)5-8(10)12/h4-5,9,14H,2-3,13H2,1H3. The molecule has 0 saturated heterocycles. The van der Waals surface area contributed by atoms with Crippen molar-refractivity contribution in [3.63, 3.8) is 0 Å². The van der Waals surface area contributed by atoms with Crippen LogP contribution in [0.1, 0.15) is 18.1 Å². The molecule has 0 fully saturated rings. The molecule has 1 aromatic carbocycles. The average Bonchev–Trinajstić information content (AvgIpc) is 2.17. The van der Waals surface area contributed by atoms with Crippen LogP contribution >= 0.6 is 0 Å². The second-order valence-electron chi connectivity index (χ2n) is 3.10. The van der Waals surface area contributed by atoms with Crippen LogP contribution in [0.25, 0.3) is 0 Å². The highest BCUT2D eigenvalue weighted by Crippen LogP contribution is 2.30. The van der Waals surface area contributed by atoms with E-state index in [4.69, 9.17) is 10.5 Å². The van der Waals surface area contributed by atoms with Gasteiger partial charge in [-0.25, -0.2) is 8.78 Å². The predicted octanol–water partition coefficient (Wildman–Crippen LogP) is 1.36. The molecule has 0 amide bonds. The highest BCUT2D eigenvalue weighted by atomic mass is 19.1. The fourth-order valence-corrected chi connectivity index (χ4v) is 1.36. The first-order chi connectivity index (χ1) is 7.10. The van der Waals surface area contributed by atoms with E-state index in [0.717, 1.165) is 6.07 Å². The zero-order valence-electron chi connectivity index (χ0n) is 8.34. The number of nitrogens with two attached hydrogens (primary N) is 1. The van der Waals surface area contributed by atoms with Crippen molar-refractivity contribution in [3.8, 4) is 5.75 Å². The Balaban J connectivity index is 3.13. The van der Waals surface area contributed by atoms with Crippen LogP contribution in [0.15, 0.2) is 12.1 Å². The number of halogens is 2. The van der Waals surface area contributed by atoms with Gasteiger partial charge in [-0.1, -0.05) is 0 Å². The number of aliphatic hydroxyl groups is 1. The summed E-state index contributed by atoms with van der Waals surface area (Å²) in [5, 5.41) is 9.59. The molecule has 0 aliphatic rings. The number of methoxy groups -OCH3 is 1. The molecular formula is C10H13F2NO2. The lowest BCUT2D eigenvalue weighted by molar-refractivity contribution is 0.164. The summed E-state index contributed by atoms with van der Waals surface area (Å²) in [6.07, 6.45) is -0.797. The average molecular weight is 217 g/mol. The minimum absolute atomic E-state index is 0.0838. The van der Waals surface area contributed by atoms with Crippen LogP contribution in [0.4, 0.5) is 8.78 Å². The third-order valence-electron chi connectivity index (χ3n) is 2.04. The van der Waals surface area contributed by atoms with E-state index in [9.17, 15) is 13.9 Å². The Morgan fingerprint density at radius 1 is 1.47 bits per heavy atom. The summed E-state index contributed by atoms with van der Waals surface area (Å²) in [6, 6.07) is 1.75. The van der Waals surface area contributed by atoms with Gasteiger partial charge in [-0.3, -0.25) is 0 Å². The SMILES string of the molecule is COc1c(F)cc(F)cc1C(O)CCN. The summed E-state index contributed by atoms with van der Waals surface area (Å²) >= 11 is 0. The van der Waals surface area contributed by atoms with Crippen LogP contribution < -0.4 is 10.5 Å². The number of rotatable bonds is 4. The summed E-state index contributed by atoms with van der Waals surface area (Å²) in [7, 11) is 1.26. The third-order valence-corrected chi connectivity index (χ3v) is 2.04. The molecule has 0 saturated carbocycles. The molecule has 3 nitrogen and oxygen atoms in total. The third kappa shape index (κ3) is 2.64. The van der Waals surface area contributed by atoms with Gasteiger partial charge in [-0.05, 0) is 19.0 Å². The molecule has 0 spiro atoms. The van der Waals surface area contributed by atoms with E-state index in [1.807, 2.05) is 0 Å². The topological polar surface area (TPSA) is 55.5 Å². The van der Waals surface area contributed by atoms with Crippen LogP contribution in [0.5, 0.6) is 5.75 Å². The number of ether oxygens (including phenoxy) is 1. The molecule has 1 rings (SSSR count). The quantitative estimate of drug-likeness (QED) is 0.800. The lowest BCUT2D eigenvalue weighted by atomic mass is 10.0. The van der Waals surface area contributed by atoms with E-state index in [2.05, 4.69) is 0 Å². The Hall–Kier alpha value is -1.20. The highest BCUT2D eigenvalue weighted by molar-refractivity contribution is 5.37. The van der Waals surface area contributed by atoms with E-state index in [0.29, 0.717) is 6.07 Å². The molecular weight excluding hydrogens is 204 g/mol. The molecule has 0 radical (unpaired) electrons. The van der Waals surface area contributed by atoms with Gasteiger partial charge in [0.2, 0.25) is 0 Å². The molecule has 0 aromatic heterocycles. The van der Waals surface area contributed by atoms with Crippen molar-refractivity contribution < 1.29 is 18.6 Å². The molecule has 0 aliphatic carbocycles. The zero-order chi connectivity index (χ0) is 11.4. The number of aliphatic hydroxyl groups excluding tert-OH is 1. The second-order valence-corrected chi connectivity index (χ2v) is 3.10. The van der Waals surface area contributed by atoms with Crippen LogP contribution in [0.2, 0.25) is 0 Å². The molecule has 0 bridgehead atoms. The van der Waals surface area contributed by atoms with Crippen molar-refractivity contribution in [2.75, 3.05) is 13.7 Å². The maximum atomic E-state index is 13.2. The Morgan fingerprint density at radius 2 is 2.13 bits per heavy atom. The Morgan fingerprint density at radius 3 is 2.67 bits per heavy atom. The summed E-state index contributed by atoms with van der Waals surface area (Å²) in [4.78, 5) is 0. The number of benzene rings is 1. The minimum Gasteiger partial charge on any atom is -0.493 e. The van der Waals surface area contributed by atoms with E-state index in [1.165, 1.54) is 7.11 Å². The summed E-state index contributed by atoms with van der Waals surface area (Å²) in [5.41, 5.74) is 5.33. The van der Waals surface area contributed by atoms with Crippen molar-refractivity contribution in [2.24, 2.45) is 5.73 Å². The van der Waals surface area contributed by atoms with Gasteiger partial charge in [0.05, 0.1) is 13.2 Å². The molecule has 0 heterocycles. The van der Waals surface area contributed by atoms with Crippen LogP contribution in [0, 0.1) is 11.6 Å². The van der Waals surface area contributed by atoms with Gasteiger partial charge >= 0.3 is 0 Å². The molecule has 5 heteroatoms. The predicted molar refractivity (Wildman–Crippen MR) is 51.5 cm³/mol. The number of hydrogen-bond acceptors (Lipinski definition) is 3. The fraction of sp³-hybridized carbons (Fsp3) is 0.400. The van der Waals surface area contributed by atoms with Gasteiger partial charge in [0.25, 0.3) is 0 Å². The second kappa shape index (κ2) is 5.04. The van der Waals surface area contributed by atoms with E-state index >= 15 is 0 Å². The molecule has 3 N–H and O–H groups in total. The smallest absolute Gasteiger partial charge is 0.168 e. The van der Waals surface area contributed by atoms with Gasteiger partial charge in [-0.2, -0.15) is 0 Å². The van der Waals surface area contributed by atoms with Crippen molar-refractivity contribution >= 4 is 0 Å². The first-order valence-electron chi connectivity index (χ1n) is 4.51. The first kappa shape index (κ1) is 11.9. The Bertz CT molecular complexity index is 344. The largest absolute Gasteiger partial charge is 0.493 e. The summed E-state index contributed by atoms with van der Waals surface area (Å²) in [5.74, 6) is -1.72. The summed E-state index contributed by atoms with van der Waals surface area (Å²) < 4.78 is 30.9. The monoisotopic (exact) mass is 217 g/mol. The van der Waals surface area contributed by atoms with Gasteiger partial charge in [0, 0.05) is 11.6 Å². The minimum atomic E-state index is -1.02. The van der Waals surface area contributed by atoms with E-state index in [1.54, 1.807) is 0 Å². The maximum absolute atomic E-state index is 13.2. The lowest BCUT2D eigenvalue weighted by Gasteiger charge is -2.14. The molecule has 1 aromatic rings. The van der Waals surface area contributed by atoms with Gasteiger partial charge in [0.15, 0.2) is 11.6 Å². The van der Waals surface area contributed by atoms with E-state index in [-0.39, 0.29) is 24.3 Å². The molecule has 1 unspecified atom stereocenters. The van der Waals surface area contributed by atoms with Gasteiger partial charge in [-0.15, -0.1) is 0 Å². The van der Waals surface area contributed by atoms with Crippen molar-refractivity contribution in [1.82, 2.24) is 0 Å². The molecule has 1 atom stereocenters. The number of hydrogen-bond donors (Lipinski definition) is 2. The lowest BCUT2D eigenvalue weighted by Crippen LogP contribution is -2.09. The fourth-order valence-electron chi connectivity index (χ4n) is 1.36. The van der Waals surface area contributed by atoms with Crippen molar-refractivity contribution in [3.05, 3.63) is 29.3 Å². The van der Waals surface area contributed by atoms with Gasteiger partial charge in [0.1, 0.15) is 5.82 Å². The zero-order valence-corrected chi connectivity index (χ0v) is 8.34. The summed E-state index contributed by atoms with van der Waals surface area (Å²) in [6.45, 7) is 0.225. The van der Waals surface area contributed by atoms with Crippen molar-refractivity contribution in [2.45, 2.75) is 12.5 Å². The van der Waals surface area contributed by atoms with Crippen LogP contribution in [-0.2, 0) is 0 Å². The van der Waals surface area contributed by atoms with Crippen LogP contribution in [0.3, 0.4) is 0 Å². The van der Waals surface area contributed by atoms with Crippen molar-refractivity contribution in [1.29, 1.82) is 0 Å². The molecule has 0 aliphatic heterocycles. The van der Waals surface area contributed by atoms with Crippen LogP contribution in [-0.4, -0.2) is 18.8 Å². The van der Waals surface area contributed by atoms with E-state index < -0.39 is 17.7 Å². The molecule has 15 heavy (non-hydrogen) atoms. The Kier molecular flexibility index (Phi) is 3.99. The Labute approximate surface area is 86.5 Å².